The van der Waals surface area contributed by atoms with E-state index >= 15 is 0 Å². The summed E-state index contributed by atoms with van der Waals surface area (Å²) in [6, 6.07) is 8.72. The van der Waals surface area contributed by atoms with E-state index in [-0.39, 0.29) is 5.54 Å². The largest absolute Gasteiger partial charge is 0.497 e. The molecule has 1 unspecified atom stereocenters. The molecule has 1 aliphatic rings. The van der Waals surface area contributed by atoms with Crippen LogP contribution in [-0.4, -0.2) is 43.2 Å². The number of hydrogen-bond donors (Lipinski definition) is 2. The number of nitrogens with one attached hydrogen (secondary N) is 1. The number of anilines is 1. The van der Waals surface area contributed by atoms with Crippen molar-refractivity contribution < 1.29 is 4.74 Å². The van der Waals surface area contributed by atoms with Crippen LogP contribution in [0.3, 0.4) is 0 Å². The quantitative estimate of drug-likeness (QED) is 0.876. The van der Waals surface area contributed by atoms with Gasteiger partial charge in [0, 0.05) is 30.9 Å². The zero-order valence-corrected chi connectivity index (χ0v) is 13.6. The van der Waals surface area contributed by atoms with Crippen LogP contribution in [0.25, 0.3) is 0 Å². The molecule has 3 N–H and O–H groups in total. The average molecular weight is 291 g/mol. The van der Waals surface area contributed by atoms with Gasteiger partial charge in [0.15, 0.2) is 0 Å². The second kappa shape index (κ2) is 7.14. The molecule has 0 amide bonds. The van der Waals surface area contributed by atoms with Gasteiger partial charge in [0.05, 0.1) is 12.6 Å². The van der Waals surface area contributed by atoms with Crippen LogP contribution in [0.1, 0.15) is 33.1 Å². The lowest BCUT2D eigenvalue weighted by Gasteiger charge is -2.34. The van der Waals surface area contributed by atoms with Crippen LogP contribution in [0, 0.1) is 0 Å². The van der Waals surface area contributed by atoms with E-state index in [1.54, 1.807) is 7.11 Å². The Labute approximate surface area is 128 Å². The Kier molecular flexibility index (Phi) is 5.48. The predicted octanol–water partition coefficient (Wildman–Crippen LogP) is 2.70. The second-order valence-corrected chi connectivity index (χ2v) is 6.32. The summed E-state index contributed by atoms with van der Waals surface area (Å²) >= 11 is 0. The van der Waals surface area contributed by atoms with E-state index in [1.165, 1.54) is 13.0 Å². The normalized spacial score (nSPS) is 23.9. The first kappa shape index (κ1) is 16.1. The van der Waals surface area contributed by atoms with Gasteiger partial charge in [0.1, 0.15) is 5.75 Å². The summed E-state index contributed by atoms with van der Waals surface area (Å²) in [4.78, 5) is 2.55. The maximum absolute atomic E-state index is 6.14. The Morgan fingerprint density at radius 3 is 2.81 bits per heavy atom. The summed E-state index contributed by atoms with van der Waals surface area (Å²) in [6.07, 6.45) is 3.38. The van der Waals surface area contributed by atoms with E-state index in [1.807, 2.05) is 18.2 Å². The van der Waals surface area contributed by atoms with Crippen LogP contribution >= 0.6 is 0 Å². The lowest BCUT2D eigenvalue weighted by molar-refractivity contribution is 0.227. The maximum atomic E-state index is 6.14. The number of likely N-dealkylation sites (tertiary alicyclic amines) is 1. The van der Waals surface area contributed by atoms with Crippen LogP contribution < -0.4 is 15.8 Å². The van der Waals surface area contributed by atoms with Gasteiger partial charge in [0.25, 0.3) is 0 Å². The standard InChI is InChI=1S/C17H29N3O/c1-14(2)20-10-5-8-17(13-18,9-11-20)19-15-6-4-7-16(12-15)21-3/h4,6-7,12,14,19H,5,8-11,13,18H2,1-3H3. The minimum atomic E-state index is -0.00396. The van der Waals surface area contributed by atoms with Crippen LogP contribution in [0.2, 0.25) is 0 Å². The van der Waals surface area contributed by atoms with Gasteiger partial charge in [-0.25, -0.2) is 0 Å². The molecule has 118 valence electrons. The van der Waals surface area contributed by atoms with Crippen LogP contribution in [0.15, 0.2) is 24.3 Å². The fourth-order valence-corrected chi connectivity index (χ4v) is 3.12. The van der Waals surface area contributed by atoms with Crippen LogP contribution in [0.4, 0.5) is 5.69 Å². The highest BCUT2D eigenvalue weighted by Crippen LogP contribution is 2.28. The first-order chi connectivity index (χ1) is 10.1. The molecule has 2 rings (SSSR count). The topological polar surface area (TPSA) is 50.5 Å². The third kappa shape index (κ3) is 4.11. The molecule has 0 spiro atoms. The summed E-state index contributed by atoms with van der Waals surface area (Å²) in [5.74, 6) is 0.879. The summed E-state index contributed by atoms with van der Waals surface area (Å²) in [6.45, 7) is 7.47. The molecule has 1 aromatic rings. The number of nitrogens with zero attached hydrogens (tertiary/aromatic N) is 1. The lowest BCUT2D eigenvalue weighted by Crippen LogP contribution is -2.46. The number of nitrogens with two attached hydrogens (primary N) is 1. The summed E-state index contributed by atoms with van der Waals surface area (Å²) in [7, 11) is 1.70. The van der Waals surface area contributed by atoms with E-state index in [0.717, 1.165) is 30.8 Å². The number of hydrogen-bond acceptors (Lipinski definition) is 4. The average Bonchev–Trinajstić information content (AvgIpc) is 2.71. The van der Waals surface area contributed by atoms with Gasteiger partial charge in [-0.1, -0.05) is 6.07 Å². The Morgan fingerprint density at radius 2 is 2.14 bits per heavy atom. The van der Waals surface area contributed by atoms with Crippen molar-refractivity contribution in [2.45, 2.75) is 44.7 Å². The summed E-state index contributed by atoms with van der Waals surface area (Å²) < 4.78 is 5.30. The second-order valence-electron chi connectivity index (χ2n) is 6.32. The molecule has 1 heterocycles. The zero-order valence-electron chi connectivity index (χ0n) is 13.6. The molecule has 0 bridgehead atoms. The number of ether oxygens (including phenoxy) is 1. The Bertz CT molecular complexity index is 449. The molecule has 21 heavy (non-hydrogen) atoms. The van der Waals surface area contributed by atoms with Gasteiger partial charge < -0.3 is 20.7 Å². The molecule has 1 aliphatic heterocycles. The number of rotatable bonds is 5. The lowest BCUT2D eigenvalue weighted by atomic mass is 9.90. The van der Waals surface area contributed by atoms with Gasteiger partial charge in [-0.2, -0.15) is 0 Å². The summed E-state index contributed by atoms with van der Waals surface area (Å²) in [5, 5.41) is 3.69. The number of benzene rings is 1. The molecule has 0 radical (unpaired) electrons. The van der Waals surface area contributed by atoms with E-state index in [0.29, 0.717) is 12.6 Å². The Hall–Kier alpha value is -1.26. The highest BCUT2D eigenvalue weighted by molar-refractivity contribution is 5.50. The van der Waals surface area contributed by atoms with E-state index in [9.17, 15) is 0 Å². The maximum Gasteiger partial charge on any atom is 0.120 e. The third-order valence-corrected chi connectivity index (χ3v) is 4.58. The van der Waals surface area contributed by atoms with Crippen LogP contribution in [0.5, 0.6) is 5.75 Å². The van der Waals surface area contributed by atoms with Crippen molar-refractivity contribution in [1.82, 2.24) is 4.90 Å². The minimum Gasteiger partial charge on any atom is -0.497 e. The molecule has 4 nitrogen and oxygen atoms in total. The SMILES string of the molecule is COc1cccc(NC2(CN)CCCN(C(C)C)CC2)c1. The zero-order chi connectivity index (χ0) is 15.3. The molecular weight excluding hydrogens is 262 g/mol. The molecule has 1 saturated heterocycles. The van der Waals surface area contributed by atoms with Gasteiger partial charge in [-0.15, -0.1) is 0 Å². The van der Waals surface area contributed by atoms with Crippen molar-refractivity contribution in [2.75, 3.05) is 32.1 Å². The fourth-order valence-electron chi connectivity index (χ4n) is 3.12. The smallest absolute Gasteiger partial charge is 0.120 e. The van der Waals surface area contributed by atoms with Gasteiger partial charge in [-0.05, 0) is 51.8 Å². The van der Waals surface area contributed by atoms with Crippen molar-refractivity contribution in [3.05, 3.63) is 24.3 Å². The van der Waals surface area contributed by atoms with Gasteiger partial charge in [0.2, 0.25) is 0 Å². The predicted molar refractivity (Wildman–Crippen MR) is 89.0 cm³/mol. The molecular formula is C17H29N3O. The number of methoxy groups -OCH3 is 1. The van der Waals surface area contributed by atoms with Crippen molar-refractivity contribution in [2.24, 2.45) is 5.73 Å². The molecule has 1 fully saturated rings. The highest BCUT2D eigenvalue weighted by atomic mass is 16.5. The molecule has 1 atom stereocenters. The monoisotopic (exact) mass is 291 g/mol. The Morgan fingerprint density at radius 1 is 1.33 bits per heavy atom. The van der Waals surface area contributed by atoms with Crippen molar-refractivity contribution in [3.8, 4) is 5.75 Å². The molecule has 0 saturated carbocycles. The fraction of sp³-hybridized carbons (Fsp3) is 0.647. The van der Waals surface area contributed by atoms with E-state index in [4.69, 9.17) is 10.5 Å². The van der Waals surface area contributed by atoms with Crippen LogP contribution in [-0.2, 0) is 0 Å². The van der Waals surface area contributed by atoms with E-state index in [2.05, 4.69) is 30.1 Å². The molecule has 1 aromatic carbocycles. The Balaban J connectivity index is 2.10. The highest BCUT2D eigenvalue weighted by Gasteiger charge is 2.31. The summed E-state index contributed by atoms with van der Waals surface area (Å²) in [5.41, 5.74) is 7.23. The molecule has 4 heteroatoms. The molecule has 0 aliphatic carbocycles. The first-order valence-corrected chi connectivity index (χ1v) is 7.95. The van der Waals surface area contributed by atoms with Gasteiger partial charge in [-0.3, -0.25) is 0 Å². The first-order valence-electron chi connectivity index (χ1n) is 7.95. The molecule has 0 aromatic heterocycles. The van der Waals surface area contributed by atoms with E-state index < -0.39 is 0 Å². The van der Waals surface area contributed by atoms with Crippen molar-refractivity contribution in [3.63, 3.8) is 0 Å². The van der Waals surface area contributed by atoms with Crippen molar-refractivity contribution >= 4 is 5.69 Å². The van der Waals surface area contributed by atoms with Crippen molar-refractivity contribution in [1.29, 1.82) is 0 Å². The minimum absolute atomic E-state index is 0.00396. The van der Waals surface area contributed by atoms with Gasteiger partial charge >= 0.3 is 0 Å². The third-order valence-electron chi connectivity index (χ3n) is 4.58.